The van der Waals surface area contributed by atoms with Crippen LogP contribution in [0, 0.1) is 23.7 Å². The first-order valence-electron chi connectivity index (χ1n) is 28.9. The molecule has 0 spiro atoms. The van der Waals surface area contributed by atoms with E-state index in [1.807, 2.05) is 119 Å². The van der Waals surface area contributed by atoms with Crippen LogP contribution in [0.1, 0.15) is 123 Å². The number of epoxide rings is 1. The zero-order valence-corrected chi connectivity index (χ0v) is 48.3. The van der Waals surface area contributed by atoms with Crippen molar-refractivity contribution in [3.8, 4) is 11.5 Å². The van der Waals surface area contributed by atoms with Crippen LogP contribution >= 0.6 is 0 Å². The van der Waals surface area contributed by atoms with Gasteiger partial charge in [-0.1, -0.05) is 95.3 Å². The van der Waals surface area contributed by atoms with E-state index in [-0.39, 0.29) is 73.3 Å². The number of hydrogen-bond donors (Lipinski definition) is 5. The first kappa shape index (κ1) is 62.7. The minimum absolute atomic E-state index is 0.00129. The van der Waals surface area contributed by atoms with Crippen molar-refractivity contribution in [3.05, 3.63) is 107 Å². The maximum atomic E-state index is 14.8. The molecule has 436 valence electrons. The van der Waals surface area contributed by atoms with E-state index in [1.54, 1.807) is 13.0 Å². The van der Waals surface area contributed by atoms with Crippen LogP contribution in [0.3, 0.4) is 0 Å². The van der Waals surface area contributed by atoms with Crippen molar-refractivity contribution >= 4 is 41.0 Å². The van der Waals surface area contributed by atoms with Crippen molar-refractivity contribution in [2.75, 3.05) is 59.2 Å². The van der Waals surface area contributed by atoms with Gasteiger partial charge in [0.05, 0.1) is 37.6 Å². The molecular weight excluding hydrogens is 1020 g/mol. The number of carbonyl (C=O) groups is 7. The van der Waals surface area contributed by atoms with Crippen LogP contribution in [0.15, 0.2) is 90.8 Å². The number of benzene rings is 3. The SMILES string of the molecule is CCCNC(=O)CCCCN1C=C(COc2cc(C[N+]3(CC(=O)C[C@@H](CCc4ccccc4)C(=O)N[C@@H](CC(C)C)C(=O)C[C@@H](Cc4ccccc4)C(=O)N[C@@H](CC(C)C)C(=O)[C@@]4(C)CO4)CCOCC3)ccc2OC(C)=O)NN1. The molecule has 3 aliphatic rings. The molecule has 2 fully saturated rings. The average Bonchev–Trinajstić information content (AvgIpc) is 4.02. The van der Waals surface area contributed by atoms with Gasteiger partial charge in [-0.05, 0) is 99.5 Å². The van der Waals surface area contributed by atoms with Crippen LogP contribution in [0.4, 0.5) is 0 Å². The molecule has 18 heteroatoms. The van der Waals surface area contributed by atoms with E-state index in [4.69, 9.17) is 18.9 Å². The number of rotatable bonds is 35. The van der Waals surface area contributed by atoms with Crippen LogP contribution in [-0.4, -0.2) is 127 Å². The van der Waals surface area contributed by atoms with E-state index in [9.17, 15) is 33.6 Å². The predicted molar refractivity (Wildman–Crippen MR) is 304 cm³/mol. The molecule has 0 aromatic heterocycles. The summed E-state index contributed by atoms with van der Waals surface area (Å²) in [6, 6.07) is 22.9. The molecule has 3 aromatic rings. The lowest BCUT2D eigenvalue weighted by molar-refractivity contribution is -0.940. The number of carbonyl (C=O) groups excluding carboxylic acids is 7. The number of esters is 1. The molecule has 3 aromatic carbocycles. The van der Waals surface area contributed by atoms with Crippen LogP contribution in [-0.2, 0) is 62.4 Å². The highest BCUT2D eigenvalue weighted by atomic mass is 16.6. The fraction of sp³-hybridized carbons (Fsp3) is 0.565. The predicted octanol–water partition coefficient (Wildman–Crippen LogP) is 6.65. The molecule has 3 aliphatic heterocycles. The molecule has 0 unspecified atom stereocenters. The minimum Gasteiger partial charge on any atom is -0.483 e. The summed E-state index contributed by atoms with van der Waals surface area (Å²) >= 11 is 0. The molecule has 3 heterocycles. The maximum absolute atomic E-state index is 14.8. The van der Waals surface area contributed by atoms with Gasteiger partial charge in [-0.2, -0.15) is 0 Å². The Hall–Kier alpha value is -6.47. The summed E-state index contributed by atoms with van der Waals surface area (Å²) in [4.78, 5) is 96.3. The second-order valence-corrected chi connectivity index (χ2v) is 23.1. The second kappa shape index (κ2) is 30.9. The van der Waals surface area contributed by atoms with Gasteiger partial charge >= 0.3 is 5.97 Å². The molecule has 2 saturated heterocycles. The normalized spacial score (nSPS) is 18.0. The molecule has 0 aliphatic carbocycles. The quantitative estimate of drug-likeness (QED) is 0.0137. The van der Waals surface area contributed by atoms with E-state index in [2.05, 4.69) is 26.9 Å². The number of nitrogens with zero attached hydrogens (tertiary/aromatic N) is 2. The average molecular weight is 1110 g/mol. The van der Waals surface area contributed by atoms with Gasteiger partial charge in [0.1, 0.15) is 38.4 Å². The third kappa shape index (κ3) is 20.6. The summed E-state index contributed by atoms with van der Waals surface area (Å²) in [5, 5.41) is 10.9. The number of aryl methyl sites for hydroxylation is 1. The molecule has 0 radical (unpaired) electrons. The zero-order chi connectivity index (χ0) is 57.7. The number of amides is 3. The topological polar surface area (TPSA) is 223 Å². The summed E-state index contributed by atoms with van der Waals surface area (Å²) in [6.07, 6.45) is 6.44. The van der Waals surface area contributed by atoms with Gasteiger partial charge in [-0.15, -0.1) is 5.53 Å². The number of morpholine rings is 1. The Morgan fingerprint density at radius 2 is 1.44 bits per heavy atom. The molecule has 5 atom stereocenters. The molecular formula is C62H88N7O11+. The van der Waals surface area contributed by atoms with Gasteiger partial charge in [0.2, 0.25) is 17.7 Å². The van der Waals surface area contributed by atoms with Crippen LogP contribution < -0.4 is 36.4 Å². The lowest BCUT2D eigenvalue weighted by Crippen LogP contribution is -2.57. The molecule has 6 rings (SSSR count). The highest BCUT2D eigenvalue weighted by molar-refractivity contribution is 5.98. The molecule has 18 nitrogen and oxygen atoms in total. The second-order valence-electron chi connectivity index (χ2n) is 23.1. The van der Waals surface area contributed by atoms with Crippen molar-refractivity contribution in [1.82, 2.24) is 31.9 Å². The standard InChI is InChI=1S/C62H87N7O11/c1-8-26-63-58(73)21-15-16-27-68-38-51(66-67-68)41-78-57-35-48(23-25-56(57)80-45(6)70)39-69(28-30-77-31-29-69)40-52(71)36-49(24-22-46-17-11-9-12-18-46)60(75)64-53(32-43(2)3)55(72)37-50(34-47-19-13-10-14-20-47)61(76)65-54(33-44(4)5)59(74)62(7)42-79-62/h9-14,17-20,23,25,35,38,43-44,49-50,53-54,66-67H,8,15-16,21-22,24,26-34,36-37,39-42H2,1-7H3,(H2-,63,64,65,73,75,76)/p+1/t49-,50-,53+,54+,62-/m1/s1. The highest BCUT2D eigenvalue weighted by Gasteiger charge is 2.50. The molecule has 80 heavy (non-hydrogen) atoms. The Morgan fingerprint density at radius 1 is 0.787 bits per heavy atom. The van der Waals surface area contributed by atoms with E-state index in [0.717, 1.165) is 41.6 Å². The third-order valence-corrected chi connectivity index (χ3v) is 14.9. The van der Waals surface area contributed by atoms with E-state index in [1.165, 1.54) is 6.92 Å². The number of quaternary nitrogens is 1. The Balaban J connectivity index is 1.16. The van der Waals surface area contributed by atoms with E-state index >= 15 is 0 Å². The zero-order valence-electron chi connectivity index (χ0n) is 48.3. The number of Topliss-reactive ketones (excluding diaryl/α,β-unsaturated/α-hetero) is 3. The van der Waals surface area contributed by atoms with Gasteiger partial charge in [-0.3, -0.25) is 38.6 Å². The van der Waals surface area contributed by atoms with Gasteiger partial charge in [-0.25, -0.2) is 0 Å². The van der Waals surface area contributed by atoms with Gasteiger partial charge in [0.25, 0.3) is 0 Å². The Kier molecular flexibility index (Phi) is 24.3. The summed E-state index contributed by atoms with van der Waals surface area (Å²) in [5.41, 5.74) is 8.75. The van der Waals surface area contributed by atoms with Crippen LogP contribution in [0.25, 0.3) is 0 Å². The number of ether oxygens (including phenoxy) is 4. The van der Waals surface area contributed by atoms with Crippen LogP contribution in [0.5, 0.6) is 11.5 Å². The maximum Gasteiger partial charge on any atom is 0.308 e. The molecule has 0 bridgehead atoms. The smallest absolute Gasteiger partial charge is 0.308 e. The molecule has 0 saturated carbocycles. The van der Waals surface area contributed by atoms with Crippen molar-refractivity contribution in [1.29, 1.82) is 0 Å². The monoisotopic (exact) mass is 1110 g/mol. The van der Waals surface area contributed by atoms with Gasteiger partial charge < -0.3 is 44.8 Å². The fourth-order valence-corrected chi connectivity index (χ4v) is 10.4. The van der Waals surface area contributed by atoms with Gasteiger partial charge in [0.15, 0.2) is 28.8 Å². The number of hydrazine groups is 2. The molecule has 3 amide bonds. The minimum atomic E-state index is -0.946. The third-order valence-electron chi connectivity index (χ3n) is 14.9. The number of nitrogens with one attached hydrogen (secondary N) is 5. The van der Waals surface area contributed by atoms with Crippen molar-refractivity contribution in [3.63, 3.8) is 0 Å². The first-order chi connectivity index (χ1) is 38.3. The van der Waals surface area contributed by atoms with Crippen molar-refractivity contribution in [2.24, 2.45) is 23.7 Å². The molecule has 5 N–H and O–H groups in total. The Labute approximate surface area is 473 Å². The Morgan fingerprint density at radius 3 is 2.09 bits per heavy atom. The summed E-state index contributed by atoms with van der Waals surface area (Å²) in [5.74, 6) is -2.73. The van der Waals surface area contributed by atoms with Crippen LogP contribution in [0.2, 0.25) is 0 Å². The lowest BCUT2D eigenvalue weighted by atomic mass is 9.87. The number of hydrogen-bond acceptors (Lipinski definition) is 14. The van der Waals surface area contributed by atoms with Crippen molar-refractivity contribution in [2.45, 2.75) is 143 Å². The number of unbranched alkanes of at least 4 members (excludes halogenated alkanes) is 1. The van der Waals surface area contributed by atoms with E-state index in [0.29, 0.717) is 94.9 Å². The lowest BCUT2D eigenvalue weighted by Gasteiger charge is -2.41. The first-order valence-corrected chi connectivity index (χ1v) is 28.9. The summed E-state index contributed by atoms with van der Waals surface area (Å²) < 4.78 is 23.6. The van der Waals surface area contributed by atoms with Crippen molar-refractivity contribution < 1.29 is 57.0 Å². The van der Waals surface area contributed by atoms with E-state index < -0.39 is 47.3 Å². The Bertz CT molecular complexity index is 2560. The largest absolute Gasteiger partial charge is 0.483 e. The fourth-order valence-electron chi connectivity index (χ4n) is 10.4. The summed E-state index contributed by atoms with van der Waals surface area (Å²) in [7, 11) is 0. The highest BCUT2D eigenvalue weighted by Crippen LogP contribution is 2.33. The number of ketones is 3. The summed E-state index contributed by atoms with van der Waals surface area (Å²) in [6.45, 7) is 17.3. The van der Waals surface area contributed by atoms with Gasteiger partial charge in [0, 0.05) is 62.9 Å².